The van der Waals surface area contributed by atoms with Crippen LogP contribution in [-0.2, 0) is 19.1 Å². The second kappa shape index (κ2) is 34.1. The van der Waals surface area contributed by atoms with E-state index in [9.17, 15) is 19.8 Å². The van der Waals surface area contributed by atoms with Gasteiger partial charge in [-0.15, -0.1) is 0 Å². The summed E-state index contributed by atoms with van der Waals surface area (Å²) in [7, 11) is 0. The molecule has 254 valence electrons. The summed E-state index contributed by atoms with van der Waals surface area (Å²) in [6.07, 6.45) is 18.2. The van der Waals surface area contributed by atoms with Gasteiger partial charge in [0.25, 0.3) is 0 Å². The van der Waals surface area contributed by atoms with E-state index in [1.54, 1.807) is 0 Å². The quantitative estimate of drug-likeness (QED) is 0.0517. The normalized spacial score (nSPS) is 11.7. The maximum atomic E-state index is 12.4. The van der Waals surface area contributed by atoms with E-state index in [-0.39, 0.29) is 31.6 Å². The van der Waals surface area contributed by atoms with Crippen LogP contribution in [0, 0.1) is 0 Å². The molecule has 10 heteroatoms. The van der Waals surface area contributed by atoms with E-state index < -0.39 is 0 Å². The summed E-state index contributed by atoms with van der Waals surface area (Å²) >= 11 is 3.67. The van der Waals surface area contributed by atoms with E-state index >= 15 is 0 Å². The van der Waals surface area contributed by atoms with E-state index in [1.165, 1.54) is 51.4 Å². The van der Waals surface area contributed by atoms with Crippen LogP contribution in [0.3, 0.4) is 0 Å². The fourth-order valence-electron chi connectivity index (χ4n) is 4.48. The first kappa shape index (κ1) is 42.2. The first-order valence-corrected chi connectivity index (χ1v) is 19.2. The Morgan fingerprint density at radius 2 is 1.12 bits per heavy atom. The minimum atomic E-state index is -0.206. The maximum absolute atomic E-state index is 12.4. The lowest BCUT2D eigenvalue weighted by Gasteiger charge is -2.24. The number of rotatable bonds is 33. The topological polar surface area (TPSA) is 99.5 Å². The Hall–Kier alpha value is -0.780. The van der Waals surface area contributed by atoms with Gasteiger partial charge in [0.1, 0.15) is 13.2 Å². The number of esters is 2. The number of ether oxygens (including phenoxy) is 2. The molecular formula is C33H64N2O6S2. The molecule has 0 aliphatic rings. The number of hydrogen-bond donors (Lipinski definition) is 2. The molecule has 8 nitrogen and oxygen atoms in total. The molecule has 0 atom stereocenters. The van der Waals surface area contributed by atoms with Gasteiger partial charge in [-0.25, -0.2) is 0 Å². The molecule has 0 aromatic heterocycles. The summed E-state index contributed by atoms with van der Waals surface area (Å²) < 4.78 is 10.9. The van der Waals surface area contributed by atoms with Crippen LogP contribution in [0.2, 0.25) is 0 Å². The average Bonchev–Trinajstić information content (AvgIpc) is 3.00. The molecule has 0 spiro atoms. The number of aliphatic hydroxyl groups excluding tert-OH is 2. The van der Waals surface area contributed by atoms with Gasteiger partial charge < -0.3 is 24.6 Å². The first-order valence-electron chi connectivity index (χ1n) is 16.8. The molecule has 0 saturated carbocycles. The molecular weight excluding hydrogens is 585 g/mol. The molecule has 43 heavy (non-hydrogen) atoms. The van der Waals surface area contributed by atoms with Crippen LogP contribution in [0.1, 0.15) is 97.3 Å². The van der Waals surface area contributed by atoms with E-state index in [0.29, 0.717) is 52.4 Å². The van der Waals surface area contributed by atoms with Gasteiger partial charge in [-0.2, -0.15) is 23.5 Å². The molecule has 0 radical (unpaired) electrons. The number of hydrogen-bond acceptors (Lipinski definition) is 10. The lowest BCUT2D eigenvalue weighted by molar-refractivity contribution is -0.143. The van der Waals surface area contributed by atoms with Crippen molar-refractivity contribution in [2.45, 2.75) is 97.3 Å². The van der Waals surface area contributed by atoms with Crippen molar-refractivity contribution >= 4 is 35.5 Å². The fraction of sp³-hybridized carbons (Fsp3) is 0.879. The van der Waals surface area contributed by atoms with E-state index in [1.807, 2.05) is 28.4 Å². The highest BCUT2D eigenvalue weighted by atomic mass is 32.2. The van der Waals surface area contributed by atoms with Crippen molar-refractivity contribution in [3.63, 3.8) is 0 Å². The highest BCUT2D eigenvalue weighted by Crippen LogP contribution is 2.10. The number of aliphatic hydroxyl groups is 2. The van der Waals surface area contributed by atoms with Gasteiger partial charge in [0, 0.05) is 37.7 Å². The van der Waals surface area contributed by atoms with Crippen molar-refractivity contribution in [1.82, 2.24) is 9.80 Å². The molecule has 0 aromatic rings. The molecule has 0 heterocycles. The molecule has 0 aliphatic heterocycles. The smallest absolute Gasteiger partial charge is 0.307 e. The summed E-state index contributed by atoms with van der Waals surface area (Å²) in [5.41, 5.74) is 0. The van der Waals surface area contributed by atoms with Gasteiger partial charge in [-0.1, -0.05) is 58.1 Å². The number of allylic oxidation sites excluding steroid dienone is 2. The SMILES string of the molecule is CC/C=C\CCCCSCCOC(=O)CCN(CCCN(CCO)CCO)CCC(=O)OCCSCCCCCCCC. The Labute approximate surface area is 272 Å². The zero-order chi connectivity index (χ0) is 31.6. The third kappa shape index (κ3) is 31.0. The maximum Gasteiger partial charge on any atom is 0.307 e. The standard InChI is InChI=1S/C33H64N2O6S2/c1-3-5-7-9-11-13-28-42-30-26-40-32(38)16-20-34(18-15-19-35(22-24-36)23-25-37)21-17-33(39)41-27-31-43-29-14-12-10-8-6-4-2/h5,7,36-37H,3-4,6,8-31H2,1-2H3/b7-5-. The average molecular weight is 649 g/mol. The van der Waals surface area contributed by atoms with E-state index in [4.69, 9.17) is 9.47 Å². The van der Waals surface area contributed by atoms with Gasteiger partial charge in [-0.05, 0) is 63.1 Å². The minimum absolute atomic E-state index is 0.0488. The van der Waals surface area contributed by atoms with E-state index in [2.05, 4.69) is 30.9 Å². The van der Waals surface area contributed by atoms with Crippen LogP contribution < -0.4 is 0 Å². The summed E-state index contributed by atoms with van der Waals surface area (Å²) in [5, 5.41) is 18.5. The van der Waals surface area contributed by atoms with Crippen LogP contribution in [0.5, 0.6) is 0 Å². The van der Waals surface area contributed by atoms with Crippen molar-refractivity contribution in [3.05, 3.63) is 12.2 Å². The molecule has 0 bridgehead atoms. The van der Waals surface area contributed by atoms with Crippen LogP contribution in [-0.4, -0.2) is 121 Å². The Morgan fingerprint density at radius 3 is 1.65 bits per heavy atom. The number of carbonyl (C=O) groups excluding carboxylic acids is 2. The fourth-order valence-corrected chi connectivity index (χ4v) is 6.11. The van der Waals surface area contributed by atoms with Gasteiger partial charge >= 0.3 is 11.9 Å². The Balaban J connectivity index is 4.29. The molecule has 0 rings (SSSR count). The minimum Gasteiger partial charge on any atom is -0.465 e. The van der Waals surface area contributed by atoms with Crippen molar-refractivity contribution in [2.24, 2.45) is 0 Å². The lowest BCUT2D eigenvalue weighted by atomic mass is 10.1. The predicted octanol–water partition coefficient (Wildman–Crippen LogP) is 5.80. The summed E-state index contributed by atoms with van der Waals surface area (Å²) in [6, 6.07) is 0. The van der Waals surface area contributed by atoms with Gasteiger partial charge in [0.15, 0.2) is 0 Å². The molecule has 0 amide bonds. The van der Waals surface area contributed by atoms with Gasteiger partial charge in [0.2, 0.25) is 0 Å². The van der Waals surface area contributed by atoms with Crippen LogP contribution in [0.15, 0.2) is 12.2 Å². The molecule has 0 fully saturated rings. The second-order valence-electron chi connectivity index (χ2n) is 10.8. The molecule has 0 aromatic carbocycles. The zero-order valence-electron chi connectivity index (χ0n) is 27.5. The number of nitrogens with zero attached hydrogens (tertiary/aromatic N) is 2. The second-order valence-corrected chi connectivity index (χ2v) is 13.2. The number of unbranched alkanes of at least 4 members (excludes halogenated alkanes) is 7. The van der Waals surface area contributed by atoms with Gasteiger partial charge in [-0.3, -0.25) is 14.5 Å². The predicted molar refractivity (Wildman–Crippen MR) is 184 cm³/mol. The van der Waals surface area contributed by atoms with Crippen molar-refractivity contribution in [2.75, 3.05) is 88.7 Å². The van der Waals surface area contributed by atoms with Crippen LogP contribution in [0.25, 0.3) is 0 Å². The number of thioether (sulfide) groups is 2. The van der Waals surface area contributed by atoms with Crippen molar-refractivity contribution in [3.8, 4) is 0 Å². The Morgan fingerprint density at radius 1 is 0.605 bits per heavy atom. The summed E-state index contributed by atoms with van der Waals surface area (Å²) in [4.78, 5) is 28.9. The van der Waals surface area contributed by atoms with Crippen LogP contribution >= 0.6 is 23.5 Å². The first-order chi connectivity index (χ1) is 21.1. The highest BCUT2D eigenvalue weighted by Gasteiger charge is 2.13. The van der Waals surface area contributed by atoms with Crippen molar-refractivity contribution < 1.29 is 29.3 Å². The molecule has 2 N–H and O–H groups in total. The summed E-state index contributed by atoms with van der Waals surface area (Å²) in [6.45, 7) is 8.89. The third-order valence-electron chi connectivity index (χ3n) is 6.98. The molecule has 0 saturated heterocycles. The Kier molecular flexibility index (Phi) is 33.5. The molecule has 0 aliphatic carbocycles. The zero-order valence-corrected chi connectivity index (χ0v) is 29.1. The van der Waals surface area contributed by atoms with E-state index in [0.717, 1.165) is 48.8 Å². The lowest BCUT2D eigenvalue weighted by Crippen LogP contribution is -2.35. The molecule has 0 unspecified atom stereocenters. The Bertz CT molecular complexity index is 651. The highest BCUT2D eigenvalue weighted by molar-refractivity contribution is 7.99. The monoisotopic (exact) mass is 648 g/mol. The van der Waals surface area contributed by atoms with Gasteiger partial charge in [0.05, 0.1) is 26.1 Å². The third-order valence-corrected chi connectivity index (χ3v) is 9.05. The largest absolute Gasteiger partial charge is 0.465 e. The summed E-state index contributed by atoms with van der Waals surface area (Å²) in [5.74, 6) is 3.44. The van der Waals surface area contributed by atoms with Crippen LogP contribution in [0.4, 0.5) is 0 Å². The number of carbonyl (C=O) groups is 2. The van der Waals surface area contributed by atoms with Crippen molar-refractivity contribution in [1.29, 1.82) is 0 Å².